The third-order valence-electron chi connectivity index (χ3n) is 12.4. The molecule has 10 rings (SSSR count). The second kappa shape index (κ2) is 16.8. The van der Waals surface area contributed by atoms with Crippen LogP contribution >= 0.6 is 11.3 Å². The zero-order valence-corrected chi connectivity index (χ0v) is 37.3. The Morgan fingerprint density at radius 1 is 0.762 bits per heavy atom. The smallest absolute Gasteiger partial charge is 0.240 e. The Labute approximate surface area is 369 Å². The van der Waals surface area contributed by atoms with E-state index in [0.717, 1.165) is 85.7 Å². The lowest BCUT2D eigenvalue weighted by atomic mass is 10.1. The number of sulfonamides is 2. The lowest BCUT2D eigenvalue weighted by Gasteiger charge is -2.27. The number of para-hydroxylation sites is 1. The number of fused-ring (bicyclic) bond motifs is 4. The molecule has 7 heterocycles. The van der Waals surface area contributed by atoms with Crippen LogP contribution in [-0.4, -0.2) is 96.0 Å². The lowest BCUT2D eigenvalue weighted by Crippen LogP contribution is -2.36. The van der Waals surface area contributed by atoms with Gasteiger partial charge in [-0.3, -0.25) is 9.88 Å². The first-order valence-electron chi connectivity index (χ1n) is 21.0. The van der Waals surface area contributed by atoms with E-state index in [1.54, 1.807) is 48.0 Å². The monoisotopic (exact) mass is 900 g/mol. The summed E-state index contributed by atoms with van der Waals surface area (Å²) in [5.74, 6) is 0. The molecule has 1 unspecified atom stereocenters. The van der Waals surface area contributed by atoms with E-state index < -0.39 is 20.0 Å². The third-order valence-corrected chi connectivity index (χ3v) is 16.0. The van der Waals surface area contributed by atoms with Crippen LogP contribution in [0.2, 0.25) is 0 Å². The summed E-state index contributed by atoms with van der Waals surface area (Å²) in [6, 6.07) is 24.0. The van der Waals surface area contributed by atoms with Crippen molar-refractivity contribution in [2.45, 2.75) is 47.8 Å². The molecule has 17 heteroatoms. The lowest BCUT2D eigenvalue weighted by molar-refractivity contribution is 0.247. The summed E-state index contributed by atoms with van der Waals surface area (Å²) in [5, 5.41) is 3.83. The molecule has 9 aromatic rings. The van der Waals surface area contributed by atoms with Crippen LogP contribution in [-0.2, 0) is 33.1 Å². The van der Waals surface area contributed by atoms with Gasteiger partial charge >= 0.3 is 0 Å². The number of likely N-dealkylation sites (tertiary alicyclic amines) is 1. The molecule has 2 atom stereocenters. The maximum Gasteiger partial charge on any atom is 0.240 e. The Morgan fingerprint density at radius 2 is 1.51 bits per heavy atom. The number of rotatable bonds is 16. The number of aromatic nitrogens is 6. The Bertz CT molecular complexity index is 3310. The summed E-state index contributed by atoms with van der Waals surface area (Å²) in [6.07, 6.45) is 13.5. The Morgan fingerprint density at radius 3 is 2.33 bits per heavy atom. The number of benzene rings is 3. The van der Waals surface area contributed by atoms with Crippen LogP contribution in [0.3, 0.4) is 0 Å². The van der Waals surface area contributed by atoms with Gasteiger partial charge in [0.25, 0.3) is 0 Å². The number of nitrogens with zero attached hydrogens (tertiary/aromatic N) is 6. The third kappa shape index (κ3) is 8.10. The number of nitrogens with one attached hydrogen (secondary N) is 4. The zero-order chi connectivity index (χ0) is 43.3. The van der Waals surface area contributed by atoms with Crippen molar-refractivity contribution in [1.82, 2.24) is 48.3 Å². The molecule has 0 aliphatic carbocycles. The van der Waals surface area contributed by atoms with Gasteiger partial charge in [0, 0.05) is 100 Å². The van der Waals surface area contributed by atoms with Crippen molar-refractivity contribution in [3.8, 4) is 0 Å². The van der Waals surface area contributed by atoms with E-state index in [0.29, 0.717) is 18.6 Å². The van der Waals surface area contributed by atoms with E-state index in [2.05, 4.69) is 63.0 Å². The normalized spacial score (nSPS) is 15.2. The number of pyridine rings is 1. The summed E-state index contributed by atoms with van der Waals surface area (Å²) in [4.78, 5) is 21.3. The van der Waals surface area contributed by atoms with Crippen molar-refractivity contribution in [3.63, 3.8) is 0 Å². The number of thiazole rings is 1. The number of likely N-dealkylation sites (N-methyl/N-ethyl adjacent to an activating group) is 1. The van der Waals surface area contributed by atoms with Crippen molar-refractivity contribution in [2.24, 2.45) is 0 Å². The zero-order valence-electron chi connectivity index (χ0n) is 34.9. The second-order valence-corrected chi connectivity index (χ2v) is 21.0. The summed E-state index contributed by atoms with van der Waals surface area (Å²) in [6.45, 7) is 3.01. The molecule has 3 aromatic carbocycles. The van der Waals surface area contributed by atoms with Crippen molar-refractivity contribution >= 4 is 75.1 Å². The second-order valence-electron chi connectivity index (χ2n) is 16.5. The highest BCUT2D eigenvalue weighted by Gasteiger charge is 2.30. The minimum Gasteiger partial charge on any atom is -0.361 e. The standard InChI is InChI=1S/C46H48N10O4S3/c1-53(2)44(39-28-55(27-33-23-47-30-61-33)43-10-4-3-8-37(39)43)24-51-63(59,60)35-20-32(36-14-17-49-42(36)22-35)26-56-29-40(38-9-7-15-50-46(38)56)45(54-18-5-6-19-54)25-52-62(57,58)34-12-11-31-13-16-48-41(31)21-34/h3-4,7-17,20-23,28-30,44-45,48-49,51-52H,5-6,18-19,24-27H2,1-2H3/t44?,45-/m0/s1. The van der Waals surface area contributed by atoms with Gasteiger partial charge in [0.1, 0.15) is 5.65 Å². The van der Waals surface area contributed by atoms with Crippen molar-refractivity contribution < 1.29 is 16.8 Å². The first-order valence-corrected chi connectivity index (χ1v) is 24.8. The van der Waals surface area contributed by atoms with Crippen LogP contribution in [0.5, 0.6) is 0 Å². The molecular formula is C46H48N10O4S3. The molecule has 63 heavy (non-hydrogen) atoms. The fourth-order valence-corrected chi connectivity index (χ4v) is 11.9. The number of hydrogen-bond donors (Lipinski definition) is 4. The quantitative estimate of drug-likeness (QED) is 0.0791. The molecule has 0 bridgehead atoms. The van der Waals surface area contributed by atoms with Gasteiger partial charge in [-0.15, -0.1) is 11.3 Å². The predicted octanol–water partition coefficient (Wildman–Crippen LogP) is 7.20. The molecule has 324 valence electrons. The largest absolute Gasteiger partial charge is 0.361 e. The van der Waals surface area contributed by atoms with Gasteiger partial charge in [0.2, 0.25) is 20.0 Å². The highest BCUT2D eigenvalue weighted by atomic mass is 32.2. The summed E-state index contributed by atoms with van der Waals surface area (Å²) in [7, 11) is -3.89. The molecular weight excluding hydrogens is 853 g/mol. The highest BCUT2D eigenvalue weighted by molar-refractivity contribution is 7.89. The van der Waals surface area contributed by atoms with Gasteiger partial charge in [0.15, 0.2) is 0 Å². The molecule has 1 saturated heterocycles. The van der Waals surface area contributed by atoms with Gasteiger partial charge in [-0.25, -0.2) is 31.3 Å². The average Bonchev–Trinajstić information content (AvgIpc) is 4.15. The number of aromatic amines is 2. The molecule has 1 aliphatic rings. The fourth-order valence-electron chi connectivity index (χ4n) is 9.18. The van der Waals surface area contributed by atoms with Gasteiger partial charge in [-0.2, -0.15) is 0 Å². The van der Waals surface area contributed by atoms with Gasteiger partial charge in [-0.1, -0.05) is 24.3 Å². The predicted molar refractivity (Wildman–Crippen MR) is 249 cm³/mol. The molecule has 0 radical (unpaired) electrons. The molecule has 0 saturated carbocycles. The first-order chi connectivity index (χ1) is 30.5. The molecule has 1 aliphatic heterocycles. The van der Waals surface area contributed by atoms with Crippen molar-refractivity contribution in [3.05, 3.63) is 143 Å². The van der Waals surface area contributed by atoms with Crippen LogP contribution in [0.1, 0.15) is 46.5 Å². The Hall–Kier alpha value is -5.66. The highest BCUT2D eigenvalue weighted by Crippen LogP contribution is 2.34. The van der Waals surface area contributed by atoms with E-state index in [-0.39, 0.29) is 35.0 Å². The average molecular weight is 901 g/mol. The minimum absolute atomic E-state index is 0.153. The Kier molecular flexibility index (Phi) is 11.0. The van der Waals surface area contributed by atoms with Crippen molar-refractivity contribution in [2.75, 3.05) is 40.3 Å². The van der Waals surface area contributed by atoms with E-state index in [4.69, 9.17) is 4.98 Å². The molecule has 14 nitrogen and oxygen atoms in total. The SMILES string of the molecule is CN(C)C(CNS(=O)(=O)c1cc(Cn2cc([C@H](CNS(=O)(=O)c3ccc4cc[nH]c4c3)N3CCCC3)c3cccnc32)c2cc[nH]c2c1)c1cn(Cc2cncs2)c2ccccc12. The Balaban J connectivity index is 0.944. The molecule has 0 amide bonds. The number of hydrogen-bond acceptors (Lipinski definition) is 9. The van der Waals surface area contributed by atoms with Crippen LogP contribution in [0, 0.1) is 0 Å². The van der Waals surface area contributed by atoms with Crippen LogP contribution in [0.4, 0.5) is 0 Å². The maximum atomic E-state index is 14.4. The van der Waals surface area contributed by atoms with Gasteiger partial charge in [-0.05, 0) is 117 Å². The van der Waals surface area contributed by atoms with E-state index in [1.807, 2.05) is 79.4 Å². The summed E-state index contributed by atoms with van der Waals surface area (Å²) >= 11 is 1.61. The van der Waals surface area contributed by atoms with Gasteiger partial charge < -0.3 is 24.0 Å². The first kappa shape index (κ1) is 41.4. The fraction of sp³-hybridized carbons (Fsp3) is 0.261. The topological polar surface area (TPSA) is 166 Å². The summed E-state index contributed by atoms with van der Waals surface area (Å²) in [5.41, 5.74) is 7.89. The van der Waals surface area contributed by atoms with Crippen LogP contribution in [0.25, 0.3) is 43.7 Å². The molecule has 1 fully saturated rings. The maximum absolute atomic E-state index is 14.4. The van der Waals surface area contributed by atoms with Crippen LogP contribution < -0.4 is 9.44 Å². The molecule has 0 spiro atoms. The summed E-state index contributed by atoms with van der Waals surface area (Å²) < 4.78 is 66.4. The van der Waals surface area contributed by atoms with Crippen LogP contribution in [0.15, 0.2) is 131 Å². The molecule has 4 N–H and O–H groups in total. The van der Waals surface area contributed by atoms with E-state index >= 15 is 0 Å². The molecule has 6 aromatic heterocycles. The van der Waals surface area contributed by atoms with Gasteiger partial charge in [0.05, 0.1) is 27.9 Å². The van der Waals surface area contributed by atoms with E-state index in [9.17, 15) is 16.8 Å². The van der Waals surface area contributed by atoms with E-state index in [1.165, 1.54) is 0 Å². The van der Waals surface area contributed by atoms with Crippen molar-refractivity contribution in [1.29, 1.82) is 0 Å². The number of H-pyrrole nitrogens is 2. The minimum atomic E-state index is -3.99.